The van der Waals surface area contributed by atoms with Gasteiger partial charge in [0, 0.05) is 37.5 Å². The first kappa shape index (κ1) is 14.2. The van der Waals surface area contributed by atoms with Crippen LogP contribution in [0.2, 0.25) is 0 Å². The molecule has 1 atom stereocenters. The molecule has 2 aromatic heterocycles. The highest BCUT2D eigenvalue weighted by Gasteiger charge is 2.24. The Bertz CT molecular complexity index is 708. The van der Waals surface area contributed by atoms with Crippen molar-refractivity contribution in [3.63, 3.8) is 0 Å². The smallest absolute Gasteiger partial charge is 0.181 e. The van der Waals surface area contributed by atoms with E-state index in [1.165, 1.54) is 0 Å². The van der Waals surface area contributed by atoms with Gasteiger partial charge >= 0.3 is 0 Å². The van der Waals surface area contributed by atoms with E-state index in [2.05, 4.69) is 16.2 Å². The van der Waals surface area contributed by atoms with Gasteiger partial charge in [0.15, 0.2) is 12.0 Å². The molecule has 0 N–H and O–H groups in total. The van der Waals surface area contributed by atoms with Crippen molar-refractivity contribution in [3.8, 4) is 17.5 Å². The lowest BCUT2D eigenvalue weighted by atomic mass is 9.99. The molecular weight excluding hydrogens is 276 g/mol. The maximum atomic E-state index is 12.4. The molecule has 0 saturated carbocycles. The van der Waals surface area contributed by atoms with E-state index in [1.807, 2.05) is 24.3 Å². The van der Waals surface area contributed by atoms with E-state index in [-0.39, 0.29) is 11.7 Å². The number of nitrogens with zero attached hydrogens (tertiary/aromatic N) is 4. The van der Waals surface area contributed by atoms with Crippen molar-refractivity contribution in [2.75, 3.05) is 13.1 Å². The second kappa shape index (κ2) is 6.35. The van der Waals surface area contributed by atoms with Gasteiger partial charge in [-0.05, 0) is 36.6 Å². The van der Waals surface area contributed by atoms with Gasteiger partial charge in [0.05, 0.1) is 5.69 Å². The summed E-state index contributed by atoms with van der Waals surface area (Å²) in [5.74, 6) is 0.273. The topological polar surface area (TPSA) is 69.9 Å². The minimum atomic E-state index is 0.0302. The summed E-state index contributed by atoms with van der Waals surface area (Å²) in [6.45, 7) is 1.41. The number of aromatic nitrogens is 2. The number of rotatable bonds is 4. The molecule has 110 valence electrons. The van der Waals surface area contributed by atoms with Crippen molar-refractivity contribution in [2.24, 2.45) is 5.92 Å². The Labute approximate surface area is 129 Å². The van der Waals surface area contributed by atoms with E-state index in [1.54, 1.807) is 23.4 Å². The molecule has 3 heterocycles. The predicted molar refractivity (Wildman–Crippen MR) is 81.7 cm³/mol. The SMILES string of the molecule is N#CN1CC[C@@H](CC(=O)c2cc(-c3ccccn3)ccn2)C1. The van der Waals surface area contributed by atoms with Gasteiger partial charge in [-0.15, -0.1) is 0 Å². The molecule has 0 radical (unpaired) electrons. The van der Waals surface area contributed by atoms with Gasteiger partial charge in [-0.25, -0.2) is 0 Å². The monoisotopic (exact) mass is 292 g/mol. The van der Waals surface area contributed by atoms with Gasteiger partial charge in [-0.1, -0.05) is 6.07 Å². The number of carbonyl (C=O) groups excluding carboxylic acids is 1. The third kappa shape index (κ3) is 3.12. The van der Waals surface area contributed by atoms with Crippen LogP contribution < -0.4 is 0 Å². The van der Waals surface area contributed by atoms with Gasteiger partial charge in [0.25, 0.3) is 0 Å². The highest BCUT2D eigenvalue weighted by molar-refractivity contribution is 5.95. The van der Waals surface area contributed by atoms with E-state index < -0.39 is 0 Å². The predicted octanol–water partition coefficient (Wildman–Crippen LogP) is 2.52. The van der Waals surface area contributed by atoms with Crippen LogP contribution in [0.5, 0.6) is 0 Å². The molecule has 0 unspecified atom stereocenters. The van der Waals surface area contributed by atoms with Crippen molar-refractivity contribution in [3.05, 3.63) is 48.4 Å². The number of carbonyl (C=O) groups is 1. The largest absolute Gasteiger partial charge is 0.310 e. The molecule has 5 heteroatoms. The molecule has 0 amide bonds. The molecule has 1 aliphatic rings. The molecule has 1 saturated heterocycles. The first-order valence-corrected chi connectivity index (χ1v) is 7.31. The van der Waals surface area contributed by atoms with Crippen LogP contribution in [-0.2, 0) is 0 Å². The summed E-state index contributed by atoms with van der Waals surface area (Å²) in [7, 11) is 0. The lowest BCUT2D eigenvalue weighted by Gasteiger charge is -2.09. The maximum absolute atomic E-state index is 12.4. The Hall–Kier alpha value is -2.74. The summed E-state index contributed by atoms with van der Waals surface area (Å²) in [5.41, 5.74) is 2.19. The fourth-order valence-electron chi connectivity index (χ4n) is 2.73. The number of Topliss-reactive ketones (excluding diaryl/α,β-unsaturated/α-hetero) is 1. The zero-order chi connectivity index (χ0) is 15.4. The summed E-state index contributed by atoms with van der Waals surface area (Å²) < 4.78 is 0. The Morgan fingerprint density at radius 1 is 1.32 bits per heavy atom. The fraction of sp³-hybridized carbons (Fsp3) is 0.294. The van der Waals surface area contributed by atoms with Crippen LogP contribution in [0, 0.1) is 17.4 Å². The van der Waals surface area contributed by atoms with Crippen molar-refractivity contribution >= 4 is 5.78 Å². The summed E-state index contributed by atoms with van der Waals surface area (Å²) in [6.07, 6.45) is 6.84. The van der Waals surface area contributed by atoms with E-state index >= 15 is 0 Å². The van der Waals surface area contributed by atoms with Gasteiger partial charge in [0.2, 0.25) is 0 Å². The molecule has 2 aromatic rings. The normalized spacial score (nSPS) is 17.2. The van der Waals surface area contributed by atoms with Crippen molar-refractivity contribution in [1.29, 1.82) is 5.26 Å². The van der Waals surface area contributed by atoms with Gasteiger partial charge < -0.3 is 4.90 Å². The number of hydrogen-bond donors (Lipinski definition) is 0. The fourth-order valence-corrected chi connectivity index (χ4v) is 2.73. The number of likely N-dealkylation sites (tertiary alicyclic amines) is 1. The Balaban J connectivity index is 1.73. The highest BCUT2D eigenvalue weighted by atomic mass is 16.1. The third-order valence-corrected chi connectivity index (χ3v) is 3.91. The third-order valence-electron chi connectivity index (χ3n) is 3.91. The van der Waals surface area contributed by atoms with E-state index in [9.17, 15) is 4.79 Å². The van der Waals surface area contributed by atoms with Crippen LogP contribution >= 0.6 is 0 Å². The first-order chi connectivity index (χ1) is 10.8. The molecule has 3 rings (SSSR count). The van der Waals surface area contributed by atoms with Gasteiger partial charge in [-0.3, -0.25) is 14.8 Å². The van der Waals surface area contributed by atoms with Crippen LogP contribution in [0.3, 0.4) is 0 Å². The van der Waals surface area contributed by atoms with Gasteiger partial charge in [0.1, 0.15) is 5.69 Å². The lowest BCUT2D eigenvalue weighted by Crippen LogP contribution is -2.16. The Kier molecular flexibility index (Phi) is 4.10. The van der Waals surface area contributed by atoms with Crippen molar-refractivity contribution in [1.82, 2.24) is 14.9 Å². The highest BCUT2D eigenvalue weighted by Crippen LogP contribution is 2.22. The molecule has 0 bridgehead atoms. The van der Waals surface area contributed by atoms with E-state index in [0.29, 0.717) is 18.7 Å². The Morgan fingerprint density at radius 3 is 2.95 bits per heavy atom. The maximum Gasteiger partial charge on any atom is 0.181 e. The summed E-state index contributed by atoms with van der Waals surface area (Å²) in [4.78, 5) is 22.6. The van der Waals surface area contributed by atoms with E-state index in [4.69, 9.17) is 5.26 Å². The first-order valence-electron chi connectivity index (χ1n) is 7.31. The molecule has 0 spiro atoms. The number of nitriles is 1. The van der Waals surface area contributed by atoms with Crippen LogP contribution in [0.4, 0.5) is 0 Å². The van der Waals surface area contributed by atoms with Crippen LogP contribution in [0.15, 0.2) is 42.7 Å². The van der Waals surface area contributed by atoms with E-state index in [0.717, 1.165) is 24.2 Å². The van der Waals surface area contributed by atoms with Gasteiger partial charge in [-0.2, -0.15) is 5.26 Å². The zero-order valence-corrected chi connectivity index (χ0v) is 12.1. The quantitative estimate of drug-likeness (QED) is 0.639. The minimum absolute atomic E-state index is 0.0302. The van der Waals surface area contributed by atoms with Crippen molar-refractivity contribution < 1.29 is 4.79 Å². The number of pyridine rings is 2. The molecule has 0 aromatic carbocycles. The molecular formula is C17H16N4O. The average Bonchev–Trinajstić information content (AvgIpc) is 3.03. The number of hydrogen-bond acceptors (Lipinski definition) is 5. The Morgan fingerprint density at radius 2 is 2.23 bits per heavy atom. The molecule has 5 nitrogen and oxygen atoms in total. The van der Waals surface area contributed by atoms with Crippen LogP contribution in [0.25, 0.3) is 11.3 Å². The van der Waals surface area contributed by atoms with Crippen LogP contribution in [-0.4, -0.2) is 33.7 Å². The summed E-state index contributed by atoms with van der Waals surface area (Å²) >= 11 is 0. The lowest BCUT2D eigenvalue weighted by molar-refractivity contribution is 0.0958. The molecule has 1 fully saturated rings. The molecule has 0 aliphatic carbocycles. The second-order valence-corrected chi connectivity index (χ2v) is 5.47. The second-order valence-electron chi connectivity index (χ2n) is 5.47. The molecule has 22 heavy (non-hydrogen) atoms. The number of ketones is 1. The van der Waals surface area contributed by atoms with Crippen molar-refractivity contribution in [2.45, 2.75) is 12.8 Å². The summed E-state index contributed by atoms with van der Waals surface area (Å²) in [5, 5.41) is 8.87. The summed E-state index contributed by atoms with van der Waals surface area (Å²) in [6, 6.07) is 9.33. The standard InChI is InChI=1S/C17H16N4O/c18-12-21-8-5-13(11-21)9-17(22)16-10-14(4-7-20-16)15-3-1-2-6-19-15/h1-4,6-7,10,13H,5,8-9,11H2/t13-/m0/s1. The zero-order valence-electron chi connectivity index (χ0n) is 12.1. The average molecular weight is 292 g/mol. The molecule has 1 aliphatic heterocycles. The minimum Gasteiger partial charge on any atom is -0.310 e. The van der Waals surface area contributed by atoms with Crippen LogP contribution in [0.1, 0.15) is 23.3 Å².